The van der Waals surface area contributed by atoms with Gasteiger partial charge in [0.1, 0.15) is 6.67 Å². The van der Waals surface area contributed by atoms with Gasteiger partial charge in [-0.15, -0.1) is 11.3 Å². The minimum absolute atomic E-state index is 0.0524. The van der Waals surface area contributed by atoms with Gasteiger partial charge in [-0.25, -0.2) is 4.39 Å². The van der Waals surface area contributed by atoms with Crippen molar-refractivity contribution in [2.24, 2.45) is 0 Å². The van der Waals surface area contributed by atoms with Gasteiger partial charge in [-0.1, -0.05) is 0 Å². The van der Waals surface area contributed by atoms with E-state index in [1.807, 2.05) is 12.1 Å². The molecule has 1 aromatic heterocycles. The molecule has 0 radical (unpaired) electrons. The van der Waals surface area contributed by atoms with Crippen LogP contribution in [0.5, 0.6) is 0 Å². The quantitative estimate of drug-likeness (QED) is 0.921. The Morgan fingerprint density at radius 3 is 2.73 bits per heavy atom. The zero-order valence-electron chi connectivity index (χ0n) is 8.38. The lowest BCUT2D eigenvalue weighted by Crippen LogP contribution is -2.45. The molecule has 1 aromatic rings. The first-order valence-electron chi connectivity index (χ1n) is 5.07. The van der Waals surface area contributed by atoms with Crippen molar-refractivity contribution < 1.29 is 4.39 Å². The van der Waals surface area contributed by atoms with E-state index in [-0.39, 0.29) is 12.7 Å². The SMILES string of the molecule is FC[C@@H](c1ccc(Br)s1)N1CCNCC1. The van der Waals surface area contributed by atoms with Crippen molar-refractivity contribution in [2.75, 3.05) is 32.9 Å². The molecule has 0 saturated carbocycles. The molecule has 84 valence electrons. The number of thiophene rings is 1. The van der Waals surface area contributed by atoms with Crippen molar-refractivity contribution >= 4 is 27.3 Å². The highest BCUT2D eigenvalue weighted by Crippen LogP contribution is 2.31. The van der Waals surface area contributed by atoms with Gasteiger partial charge >= 0.3 is 0 Å². The number of halogens is 2. The molecule has 0 aliphatic carbocycles. The standard InChI is InChI=1S/C10H14BrFN2S/c11-10-2-1-9(15-10)8(7-12)14-5-3-13-4-6-14/h1-2,8,13H,3-7H2/t8-/m0/s1. The summed E-state index contributed by atoms with van der Waals surface area (Å²) in [5.74, 6) is 0. The fourth-order valence-electron chi connectivity index (χ4n) is 1.85. The Hall–Kier alpha value is 0.0300. The van der Waals surface area contributed by atoms with Gasteiger partial charge in [0.15, 0.2) is 0 Å². The van der Waals surface area contributed by atoms with E-state index >= 15 is 0 Å². The lowest BCUT2D eigenvalue weighted by Gasteiger charge is -2.32. The van der Waals surface area contributed by atoms with E-state index in [0.717, 1.165) is 34.8 Å². The monoisotopic (exact) mass is 292 g/mol. The first-order chi connectivity index (χ1) is 7.31. The van der Waals surface area contributed by atoms with E-state index in [1.165, 1.54) is 0 Å². The summed E-state index contributed by atoms with van der Waals surface area (Å²) < 4.78 is 14.1. The molecule has 0 aromatic carbocycles. The molecule has 0 amide bonds. The van der Waals surface area contributed by atoms with Crippen LogP contribution in [0.15, 0.2) is 15.9 Å². The maximum atomic E-state index is 13.1. The van der Waals surface area contributed by atoms with Gasteiger partial charge in [0.25, 0.3) is 0 Å². The maximum absolute atomic E-state index is 13.1. The average molecular weight is 293 g/mol. The predicted octanol–water partition coefficient (Wildman–Crippen LogP) is 2.43. The van der Waals surface area contributed by atoms with Gasteiger partial charge in [0.2, 0.25) is 0 Å². The number of hydrogen-bond acceptors (Lipinski definition) is 3. The summed E-state index contributed by atoms with van der Waals surface area (Å²) >= 11 is 5.05. The van der Waals surface area contributed by atoms with E-state index in [2.05, 4.69) is 26.1 Å². The summed E-state index contributed by atoms with van der Waals surface area (Å²) in [6, 6.07) is 3.95. The third-order valence-corrected chi connectivity index (χ3v) is 4.39. The van der Waals surface area contributed by atoms with Crippen LogP contribution in [0.4, 0.5) is 4.39 Å². The summed E-state index contributed by atoms with van der Waals surface area (Å²) in [5.41, 5.74) is 0. The third kappa shape index (κ3) is 2.78. The molecule has 0 unspecified atom stereocenters. The van der Waals surface area contributed by atoms with Gasteiger partial charge in [-0.2, -0.15) is 0 Å². The Labute approximate surface area is 102 Å². The Balaban J connectivity index is 2.08. The van der Waals surface area contributed by atoms with Crippen LogP contribution in [-0.2, 0) is 0 Å². The zero-order chi connectivity index (χ0) is 10.7. The molecule has 2 heterocycles. The molecule has 2 rings (SSSR count). The molecule has 1 aliphatic rings. The Morgan fingerprint density at radius 2 is 2.20 bits per heavy atom. The van der Waals surface area contributed by atoms with Crippen molar-refractivity contribution in [3.63, 3.8) is 0 Å². The Bertz CT molecular complexity index is 312. The van der Waals surface area contributed by atoms with Crippen molar-refractivity contribution in [1.82, 2.24) is 10.2 Å². The third-order valence-electron chi connectivity index (χ3n) is 2.66. The first-order valence-corrected chi connectivity index (χ1v) is 6.68. The molecule has 1 atom stereocenters. The number of nitrogens with zero attached hydrogens (tertiary/aromatic N) is 1. The average Bonchev–Trinajstić information content (AvgIpc) is 2.68. The van der Waals surface area contributed by atoms with E-state index in [1.54, 1.807) is 11.3 Å². The van der Waals surface area contributed by atoms with E-state index < -0.39 is 0 Å². The minimum atomic E-state index is -0.299. The van der Waals surface area contributed by atoms with Crippen molar-refractivity contribution in [3.8, 4) is 0 Å². The number of nitrogens with one attached hydrogen (secondary N) is 1. The molecule has 1 N–H and O–H groups in total. The summed E-state index contributed by atoms with van der Waals surface area (Å²) in [7, 11) is 0. The second-order valence-electron chi connectivity index (χ2n) is 3.60. The van der Waals surface area contributed by atoms with Gasteiger partial charge in [-0.05, 0) is 28.1 Å². The first kappa shape index (κ1) is 11.5. The minimum Gasteiger partial charge on any atom is -0.314 e. The molecule has 1 fully saturated rings. The van der Waals surface area contributed by atoms with Crippen LogP contribution in [0.25, 0.3) is 0 Å². The van der Waals surface area contributed by atoms with Gasteiger partial charge in [0, 0.05) is 31.1 Å². The van der Waals surface area contributed by atoms with Crippen molar-refractivity contribution in [1.29, 1.82) is 0 Å². The highest BCUT2D eigenvalue weighted by atomic mass is 79.9. The second-order valence-corrected chi connectivity index (χ2v) is 6.09. The number of hydrogen-bond donors (Lipinski definition) is 1. The van der Waals surface area contributed by atoms with Crippen LogP contribution in [0, 0.1) is 0 Å². The molecule has 0 bridgehead atoms. The molecule has 5 heteroatoms. The molecule has 2 nitrogen and oxygen atoms in total. The van der Waals surface area contributed by atoms with Crippen LogP contribution in [0.2, 0.25) is 0 Å². The normalized spacial score (nSPS) is 20.4. The number of piperazine rings is 1. The van der Waals surface area contributed by atoms with Gasteiger partial charge in [0.05, 0.1) is 9.83 Å². The molecule has 1 aliphatic heterocycles. The maximum Gasteiger partial charge on any atom is 0.110 e. The highest BCUT2D eigenvalue weighted by Gasteiger charge is 2.23. The summed E-state index contributed by atoms with van der Waals surface area (Å²) in [6.45, 7) is 3.49. The zero-order valence-corrected chi connectivity index (χ0v) is 10.8. The van der Waals surface area contributed by atoms with E-state index in [9.17, 15) is 4.39 Å². The van der Waals surface area contributed by atoms with Gasteiger partial charge in [-0.3, -0.25) is 4.90 Å². The fourth-order valence-corrected chi connectivity index (χ4v) is 3.39. The van der Waals surface area contributed by atoms with Crippen molar-refractivity contribution in [2.45, 2.75) is 6.04 Å². The summed E-state index contributed by atoms with van der Waals surface area (Å²) in [4.78, 5) is 3.33. The molecular weight excluding hydrogens is 279 g/mol. The van der Waals surface area contributed by atoms with Crippen LogP contribution >= 0.6 is 27.3 Å². The van der Waals surface area contributed by atoms with E-state index in [4.69, 9.17) is 0 Å². The van der Waals surface area contributed by atoms with Crippen LogP contribution in [0.3, 0.4) is 0 Å². The van der Waals surface area contributed by atoms with Crippen LogP contribution in [-0.4, -0.2) is 37.8 Å². The lowest BCUT2D eigenvalue weighted by atomic mass is 10.2. The van der Waals surface area contributed by atoms with Crippen LogP contribution < -0.4 is 5.32 Å². The molecule has 15 heavy (non-hydrogen) atoms. The largest absolute Gasteiger partial charge is 0.314 e. The summed E-state index contributed by atoms with van der Waals surface area (Å²) in [6.07, 6.45) is 0. The highest BCUT2D eigenvalue weighted by molar-refractivity contribution is 9.11. The Kier molecular flexibility index (Phi) is 4.13. The van der Waals surface area contributed by atoms with Crippen LogP contribution in [0.1, 0.15) is 10.9 Å². The summed E-state index contributed by atoms with van der Waals surface area (Å²) in [5, 5.41) is 3.28. The molecule has 1 saturated heterocycles. The topological polar surface area (TPSA) is 15.3 Å². The predicted molar refractivity (Wildman–Crippen MR) is 65.2 cm³/mol. The van der Waals surface area contributed by atoms with Gasteiger partial charge < -0.3 is 5.32 Å². The molecule has 0 spiro atoms. The number of rotatable bonds is 3. The lowest BCUT2D eigenvalue weighted by molar-refractivity contribution is 0.150. The van der Waals surface area contributed by atoms with E-state index in [0.29, 0.717) is 0 Å². The number of alkyl halides is 1. The Morgan fingerprint density at radius 1 is 1.47 bits per heavy atom. The molecular formula is C10H14BrFN2S. The smallest absolute Gasteiger partial charge is 0.110 e. The van der Waals surface area contributed by atoms with Crippen molar-refractivity contribution in [3.05, 3.63) is 20.8 Å². The second kappa shape index (κ2) is 5.39. The fraction of sp³-hybridized carbons (Fsp3) is 0.600.